The molecule has 116 valence electrons. The van der Waals surface area contributed by atoms with Gasteiger partial charge in [0.15, 0.2) is 5.96 Å². The van der Waals surface area contributed by atoms with Crippen molar-refractivity contribution in [1.82, 2.24) is 0 Å². The van der Waals surface area contributed by atoms with E-state index in [1.807, 2.05) is 42.5 Å². The molecule has 0 radical (unpaired) electrons. The summed E-state index contributed by atoms with van der Waals surface area (Å²) in [7, 11) is 3.26. The van der Waals surface area contributed by atoms with Crippen molar-refractivity contribution < 1.29 is 9.47 Å². The fourth-order valence-electron chi connectivity index (χ4n) is 1.90. The first-order valence-corrected chi connectivity index (χ1v) is 7.45. The van der Waals surface area contributed by atoms with Gasteiger partial charge < -0.3 is 20.5 Å². The number of benzene rings is 2. The lowest BCUT2D eigenvalue weighted by Gasteiger charge is -2.09. The highest BCUT2D eigenvalue weighted by molar-refractivity contribution is 9.10. The van der Waals surface area contributed by atoms with Crippen LogP contribution in [0.3, 0.4) is 0 Å². The summed E-state index contributed by atoms with van der Waals surface area (Å²) in [5.41, 5.74) is 7.71. The normalized spacial score (nSPS) is 11.1. The van der Waals surface area contributed by atoms with Crippen LogP contribution in [0.2, 0.25) is 0 Å². The zero-order valence-corrected chi connectivity index (χ0v) is 14.1. The molecule has 0 aliphatic heterocycles. The number of aliphatic imine (C=N–C) groups is 1. The fourth-order valence-corrected chi connectivity index (χ4v) is 2.31. The number of rotatable bonds is 5. The minimum Gasteiger partial charge on any atom is -0.497 e. The lowest BCUT2D eigenvalue weighted by Crippen LogP contribution is -2.22. The molecule has 0 heterocycles. The van der Waals surface area contributed by atoms with Crippen LogP contribution in [-0.4, -0.2) is 20.2 Å². The maximum Gasteiger partial charge on any atom is 0.193 e. The Morgan fingerprint density at radius 1 is 1.14 bits per heavy atom. The van der Waals surface area contributed by atoms with Gasteiger partial charge in [-0.15, -0.1) is 0 Å². The van der Waals surface area contributed by atoms with E-state index >= 15 is 0 Å². The Balaban J connectivity index is 2.04. The van der Waals surface area contributed by atoms with E-state index in [0.717, 1.165) is 27.2 Å². The van der Waals surface area contributed by atoms with Crippen LogP contribution in [-0.2, 0) is 6.54 Å². The number of hydrogen-bond acceptors (Lipinski definition) is 3. The molecule has 0 unspecified atom stereocenters. The highest BCUT2D eigenvalue weighted by Gasteiger charge is 2.03. The second-order valence-electron chi connectivity index (χ2n) is 4.51. The molecule has 3 N–H and O–H groups in total. The van der Waals surface area contributed by atoms with Gasteiger partial charge in [0.2, 0.25) is 0 Å². The molecule has 2 aromatic rings. The predicted octanol–water partition coefficient (Wildman–Crippen LogP) is 3.39. The molecule has 0 saturated carbocycles. The van der Waals surface area contributed by atoms with Crippen LogP contribution < -0.4 is 20.5 Å². The highest BCUT2D eigenvalue weighted by Crippen LogP contribution is 2.23. The molecule has 5 nitrogen and oxygen atoms in total. The summed E-state index contributed by atoms with van der Waals surface area (Å²) in [6, 6.07) is 13.2. The topological polar surface area (TPSA) is 68.9 Å². The van der Waals surface area contributed by atoms with Gasteiger partial charge in [0, 0.05) is 15.7 Å². The van der Waals surface area contributed by atoms with E-state index in [-0.39, 0.29) is 0 Å². The third-order valence-corrected chi connectivity index (χ3v) is 3.52. The van der Waals surface area contributed by atoms with E-state index in [1.165, 1.54) is 0 Å². The Bertz CT molecular complexity index is 657. The van der Waals surface area contributed by atoms with Gasteiger partial charge in [-0.05, 0) is 42.5 Å². The van der Waals surface area contributed by atoms with Crippen molar-refractivity contribution in [2.45, 2.75) is 6.54 Å². The first kappa shape index (κ1) is 16.2. The third kappa shape index (κ3) is 4.39. The maximum absolute atomic E-state index is 5.91. The van der Waals surface area contributed by atoms with Crippen molar-refractivity contribution in [2.75, 3.05) is 19.5 Å². The number of nitrogens with two attached hydrogens (primary N) is 1. The number of guanidine groups is 1. The zero-order chi connectivity index (χ0) is 15.9. The number of methoxy groups -OCH3 is 2. The molecule has 0 fully saturated rings. The van der Waals surface area contributed by atoms with Gasteiger partial charge in [0.25, 0.3) is 0 Å². The van der Waals surface area contributed by atoms with E-state index in [9.17, 15) is 0 Å². The van der Waals surface area contributed by atoms with Crippen molar-refractivity contribution >= 4 is 27.6 Å². The molecule has 2 aromatic carbocycles. The minimum absolute atomic E-state index is 0.340. The molecule has 0 spiro atoms. The fraction of sp³-hybridized carbons (Fsp3) is 0.188. The summed E-state index contributed by atoms with van der Waals surface area (Å²) in [4.78, 5) is 4.33. The Labute approximate surface area is 138 Å². The van der Waals surface area contributed by atoms with E-state index in [4.69, 9.17) is 15.2 Å². The van der Waals surface area contributed by atoms with Crippen molar-refractivity contribution in [1.29, 1.82) is 0 Å². The molecular formula is C16H18BrN3O2. The SMILES string of the molecule is COc1ccc(NC(N)=NCc2cc(Br)ccc2OC)cc1. The standard InChI is InChI=1S/C16H18BrN3O2/c1-21-14-6-4-13(5-7-14)20-16(18)19-10-11-9-12(17)3-8-15(11)22-2/h3-9H,10H2,1-2H3,(H3,18,19,20). The Morgan fingerprint density at radius 3 is 2.50 bits per heavy atom. The molecule has 22 heavy (non-hydrogen) atoms. The second-order valence-corrected chi connectivity index (χ2v) is 5.43. The number of ether oxygens (including phenoxy) is 2. The van der Waals surface area contributed by atoms with Gasteiger partial charge in [-0.3, -0.25) is 0 Å². The highest BCUT2D eigenvalue weighted by atomic mass is 79.9. The van der Waals surface area contributed by atoms with Crippen LogP contribution in [0, 0.1) is 0 Å². The molecule has 0 aliphatic carbocycles. The van der Waals surface area contributed by atoms with Gasteiger partial charge in [0.05, 0.1) is 20.8 Å². The third-order valence-electron chi connectivity index (χ3n) is 3.02. The van der Waals surface area contributed by atoms with E-state index in [2.05, 4.69) is 26.2 Å². The summed E-state index contributed by atoms with van der Waals surface area (Å²) in [5, 5.41) is 3.04. The first-order chi connectivity index (χ1) is 10.6. The second kappa shape index (κ2) is 7.70. The summed E-state index contributed by atoms with van der Waals surface area (Å²) < 4.78 is 11.4. The average Bonchev–Trinajstić information content (AvgIpc) is 2.54. The molecular weight excluding hydrogens is 346 g/mol. The Morgan fingerprint density at radius 2 is 1.86 bits per heavy atom. The summed E-state index contributed by atoms with van der Waals surface area (Å²) >= 11 is 3.44. The number of hydrogen-bond donors (Lipinski definition) is 2. The van der Waals surface area contributed by atoms with Gasteiger partial charge in [-0.2, -0.15) is 0 Å². The quantitative estimate of drug-likeness (QED) is 0.630. The lowest BCUT2D eigenvalue weighted by molar-refractivity contribution is 0.410. The molecule has 0 bridgehead atoms. The zero-order valence-electron chi connectivity index (χ0n) is 12.5. The Hall–Kier alpha value is -2.21. The smallest absolute Gasteiger partial charge is 0.193 e. The number of nitrogens with one attached hydrogen (secondary N) is 1. The monoisotopic (exact) mass is 363 g/mol. The number of anilines is 1. The van der Waals surface area contributed by atoms with Gasteiger partial charge in [-0.1, -0.05) is 15.9 Å². The van der Waals surface area contributed by atoms with Crippen LogP contribution in [0.25, 0.3) is 0 Å². The van der Waals surface area contributed by atoms with Crippen LogP contribution in [0.1, 0.15) is 5.56 Å². The lowest BCUT2D eigenvalue weighted by atomic mass is 10.2. The van der Waals surface area contributed by atoms with Crippen LogP contribution in [0.15, 0.2) is 51.9 Å². The van der Waals surface area contributed by atoms with Crippen LogP contribution >= 0.6 is 15.9 Å². The van der Waals surface area contributed by atoms with Crippen molar-refractivity contribution in [3.05, 3.63) is 52.5 Å². The predicted molar refractivity (Wildman–Crippen MR) is 92.6 cm³/mol. The molecule has 0 aromatic heterocycles. The van der Waals surface area contributed by atoms with E-state index in [0.29, 0.717) is 12.5 Å². The molecule has 0 atom stereocenters. The molecule has 0 saturated heterocycles. The van der Waals surface area contributed by atoms with Crippen molar-refractivity contribution in [2.24, 2.45) is 10.7 Å². The first-order valence-electron chi connectivity index (χ1n) is 6.66. The maximum atomic E-state index is 5.91. The van der Waals surface area contributed by atoms with Crippen molar-refractivity contribution in [3.63, 3.8) is 0 Å². The van der Waals surface area contributed by atoms with Gasteiger partial charge in [0.1, 0.15) is 11.5 Å². The van der Waals surface area contributed by atoms with Crippen molar-refractivity contribution in [3.8, 4) is 11.5 Å². The summed E-state index contributed by atoms with van der Waals surface area (Å²) in [6.45, 7) is 0.428. The molecule has 0 amide bonds. The van der Waals surface area contributed by atoms with Crippen LogP contribution in [0.5, 0.6) is 11.5 Å². The molecule has 2 rings (SSSR count). The number of halogens is 1. The Kier molecular flexibility index (Phi) is 5.66. The molecule has 0 aliphatic rings. The minimum atomic E-state index is 0.340. The van der Waals surface area contributed by atoms with Gasteiger partial charge in [-0.25, -0.2) is 4.99 Å². The number of nitrogens with zero attached hydrogens (tertiary/aromatic N) is 1. The summed E-state index contributed by atoms with van der Waals surface area (Å²) in [6.07, 6.45) is 0. The average molecular weight is 364 g/mol. The molecule has 6 heteroatoms. The van der Waals surface area contributed by atoms with Crippen LogP contribution in [0.4, 0.5) is 5.69 Å². The summed E-state index contributed by atoms with van der Waals surface area (Å²) in [5.74, 6) is 1.91. The van der Waals surface area contributed by atoms with E-state index < -0.39 is 0 Å². The van der Waals surface area contributed by atoms with Gasteiger partial charge >= 0.3 is 0 Å². The van der Waals surface area contributed by atoms with E-state index in [1.54, 1.807) is 14.2 Å². The largest absolute Gasteiger partial charge is 0.497 e.